The lowest BCUT2D eigenvalue weighted by Gasteiger charge is -2.31. The number of ether oxygens (including phenoxy) is 2. The molecule has 7 nitrogen and oxygen atoms in total. The molecule has 1 N–H and O–H groups in total. The highest BCUT2D eigenvalue weighted by Gasteiger charge is 2.40. The van der Waals surface area contributed by atoms with Gasteiger partial charge in [-0.15, -0.1) is 0 Å². The Morgan fingerprint density at radius 2 is 1.88 bits per heavy atom. The molecule has 1 heterocycles. The highest BCUT2D eigenvalue weighted by Crippen LogP contribution is 2.38. The lowest BCUT2D eigenvalue weighted by atomic mass is 10.0. The first-order chi connectivity index (χ1) is 16.4. The number of hydrogen-bond donors (Lipinski definition) is 1. The van der Waals surface area contributed by atoms with E-state index in [1.165, 1.54) is 11.0 Å². The van der Waals surface area contributed by atoms with Gasteiger partial charge in [0.1, 0.15) is 12.2 Å². The quantitative estimate of drug-likeness (QED) is 0.398. The van der Waals surface area contributed by atoms with Crippen molar-refractivity contribution in [1.82, 2.24) is 10.2 Å². The third kappa shape index (κ3) is 5.17. The van der Waals surface area contributed by atoms with Crippen molar-refractivity contribution < 1.29 is 23.9 Å². The minimum atomic E-state index is -0.696. The summed E-state index contributed by atoms with van der Waals surface area (Å²) in [5.74, 6) is -0.232. The first-order valence-electron chi connectivity index (χ1n) is 11.4. The van der Waals surface area contributed by atoms with Gasteiger partial charge in [-0.25, -0.2) is 4.79 Å². The number of nitrogens with zero attached hydrogens (tertiary/aromatic N) is 1. The average molecular weight is 527 g/mol. The van der Waals surface area contributed by atoms with Crippen LogP contribution in [0.25, 0.3) is 6.08 Å². The molecule has 1 saturated carbocycles. The second kappa shape index (κ2) is 10.4. The van der Waals surface area contributed by atoms with Crippen LogP contribution in [-0.4, -0.2) is 35.4 Å². The Morgan fingerprint density at radius 3 is 2.59 bits per heavy atom. The molecule has 0 unspecified atom stereocenters. The second-order valence-electron chi connectivity index (χ2n) is 8.47. The average Bonchev–Trinajstić information content (AvgIpc) is 3.30. The van der Waals surface area contributed by atoms with Crippen molar-refractivity contribution in [3.63, 3.8) is 0 Å². The van der Waals surface area contributed by atoms with Gasteiger partial charge in [-0.3, -0.25) is 19.8 Å². The third-order valence-corrected chi connectivity index (χ3v) is 6.52. The molecule has 2 aromatic rings. The fourth-order valence-corrected chi connectivity index (χ4v) is 4.94. The second-order valence-corrected chi connectivity index (χ2v) is 9.33. The van der Waals surface area contributed by atoms with Crippen LogP contribution < -0.4 is 14.8 Å². The van der Waals surface area contributed by atoms with Crippen molar-refractivity contribution in [2.45, 2.75) is 52.2 Å². The fourth-order valence-electron chi connectivity index (χ4n) is 4.36. The molecule has 4 amide bonds. The molecule has 0 spiro atoms. The molecule has 0 aromatic heterocycles. The normalized spacial score (nSPS) is 17.9. The summed E-state index contributed by atoms with van der Waals surface area (Å²) in [7, 11) is 0. The summed E-state index contributed by atoms with van der Waals surface area (Å²) < 4.78 is 12.5. The van der Waals surface area contributed by atoms with Crippen LogP contribution in [0.3, 0.4) is 0 Å². The molecule has 1 aliphatic carbocycles. The molecule has 178 valence electrons. The molecule has 0 atom stereocenters. The molecule has 4 rings (SSSR count). The standard InChI is InChI=1S/C26H27BrN2O5/c1-3-33-22-14-18(13-21(27)23(22)34-15-17-8-6-7-16(2)11-17)12-20-24(30)28-26(32)29(25(20)31)19-9-4-5-10-19/h6-8,11-14,19H,3-5,9-10,15H2,1-2H3,(H,28,30,32)/b20-12+. The van der Waals surface area contributed by atoms with Crippen LogP contribution in [0.5, 0.6) is 11.5 Å². The highest BCUT2D eigenvalue weighted by molar-refractivity contribution is 9.10. The maximum atomic E-state index is 13.1. The van der Waals surface area contributed by atoms with Crippen LogP contribution in [0.15, 0.2) is 46.4 Å². The maximum Gasteiger partial charge on any atom is 0.331 e. The molecule has 34 heavy (non-hydrogen) atoms. The molecule has 1 saturated heterocycles. The fraction of sp³-hybridized carbons (Fsp3) is 0.346. The summed E-state index contributed by atoms with van der Waals surface area (Å²) in [6.45, 7) is 4.67. The molecular formula is C26H27BrN2O5. The van der Waals surface area contributed by atoms with Gasteiger partial charge in [0.2, 0.25) is 0 Å². The Morgan fingerprint density at radius 1 is 1.12 bits per heavy atom. The van der Waals surface area contributed by atoms with E-state index in [1.54, 1.807) is 12.1 Å². The predicted molar refractivity (Wildman–Crippen MR) is 131 cm³/mol. The number of hydrogen-bond acceptors (Lipinski definition) is 5. The minimum absolute atomic E-state index is 0.0747. The van der Waals surface area contributed by atoms with Crippen molar-refractivity contribution in [3.8, 4) is 11.5 Å². The summed E-state index contributed by atoms with van der Waals surface area (Å²) in [5.41, 5.74) is 2.68. The van der Waals surface area contributed by atoms with Crippen LogP contribution >= 0.6 is 15.9 Å². The first kappa shape index (κ1) is 24.0. The summed E-state index contributed by atoms with van der Waals surface area (Å²) in [4.78, 5) is 39.2. The first-order valence-corrected chi connectivity index (χ1v) is 12.2. The van der Waals surface area contributed by atoms with Gasteiger partial charge >= 0.3 is 6.03 Å². The zero-order valence-electron chi connectivity index (χ0n) is 19.2. The smallest absolute Gasteiger partial charge is 0.331 e. The van der Waals surface area contributed by atoms with Gasteiger partial charge in [0.05, 0.1) is 11.1 Å². The van der Waals surface area contributed by atoms with Gasteiger partial charge in [-0.05, 0) is 72.0 Å². The zero-order chi connectivity index (χ0) is 24.2. The lowest BCUT2D eigenvalue weighted by Crippen LogP contribution is -2.57. The Hall–Kier alpha value is -3.13. The van der Waals surface area contributed by atoms with Crippen LogP contribution in [0.2, 0.25) is 0 Å². The number of aryl methyl sites for hydroxylation is 1. The summed E-state index contributed by atoms with van der Waals surface area (Å²) in [5, 5.41) is 2.31. The van der Waals surface area contributed by atoms with E-state index in [1.807, 2.05) is 32.0 Å². The molecular weight excluding hydrogens is 500 g/mol. The number of benzene rings is 2. The summed E-state index contributed by atoms with van der Waals surface area (Å²) in [6.07, 6.45) is 4.93. The molecule has 2 aliphatic rings. The maximum absolute atomic E-state index is 13.1. The third-order valence-electron chi connectivity index (χ3n) is 5.93. The van der Waals surface area contributed by atoms with Crippen molar-refractivity contribution in [3.05, 3.63) is 63.1 Å². The lowest BCUT2D eigenvalue weighted by molar-refractivity contribution is -0.131. The number of barbiturate groups is 1. The number of rotatable bonds is 7. The minimum Gasteiger partial charge on any atom is -0.490 e. The number of nitrogens with one attached hydrogen (secondary N) is 1. The molecule has 2 aromatic carbocycles. The molecule has 1 aliphatic heterocycles. The Bertz CT molecular complexity index is 1150. The van der Waals surface area contributed by atoms with Gasteiger partial charge in [0.25, 0.3) is 11.8 Å². The summed E-state index contributed by atoms with van der Waals surface area (Å²) in [6, 6.07) is 10.7. The van der Waals surface area contributed by atoms with Crippen LogP contribution in [0, 0.1) is 6.92 Å². The number of amides is 4. The molecule has 0 bridgehead atoms. The van der Waals surface area contributed by atoms with Gasteiger partial charge in [0, 0.05) is 6.04 Å². The van der Waals surface area contributed by atoms with Gasteiger partial charge in [-0.1, -0.05) is 42.7 Å². The van der Waals surface area contributed by atoms with E-state index >= 15 is 0 Å². The predicted octanol–water partition coefficient (Wildman–Crippen LogP) is 5.14. The summed E-state index contributed by atoms with van der Waals surface area (Å²) >= 11 is 3.54. The SMILES string of the molecule is CCOc1cc(/C=C2\C(=O)NC(=O)N(C3CCCC3)C2=O)cc(Br)c1OCc1cccc(C)c1. The number of imide groups is 2. The monoisotopic (exact) mass is 526 g/mol. The number of carbonyl (C=O) groups is 3. The van der Waals surface area contributed by atoms with E-state index in [0.717, 1.165) is 36.8 Å². The highest BCUT2D eigenvalue weighted by atomic mass is 79.9. The van der Waals surface area contributed by atoms with Crippen molar-refractivity contribution >= 4 is 39.9 Å². The Balaban J connectivity index is 1.62. The van der Waals surface area contributed by atoms with Crippen molar-refractivity contribution in [2.24, 2.45) is 0 Å². The molecule has 8 heteroatoms. The van der Waals surface area contributed by atoms with E-state index in [0.29, 0.717) is 34.7 Å². The molecule has 0 radical (unpaired) electrons. The van der Waals surface area contributed by atoms with E-state index in [-0.39, 0.29) is 11.6 Å². The Kier molecular flexibility index (Phi) is 7.36. The number of halogens is 1. The largest absolute Gasteiger partial charge is 0.490 e. The van der Waals surface area contributed by atoms with Crippen LogP contribution in [0.1, 0.15) is 49.3 Å². The van der Waals surface area contributed by atoms with Crippen molar-refractivity contribution in [2.75, 3.05) is 6.61 Å². The van der Waals surface area contributed by atoms with Crippen LogP contribution in [0.4, 0.5) is 4.79 Å². The number of urea groups is 1. The topological polar surface area (TPSA) is 84.9 Å². The van der Waals surface area contributed by atoms with E-state index in [2.05, 4.69) is 27.3 Å². The van der Waals surface area contributed by atoms with Crippen LogP contribution in [-0.2, 0) is 16.2 Å². The van der Waals surface area contributed by atoms with E-state index < -0.39 is 17.8 Å². The van der Waals surface area contributed by atoms with Gasteiger partial charge in [-0.2, -0.15) is 0 Å². The van der Waals surface area contributed by atoms with Gasteiger partial charge < -0.3 is 9.47 Å². The van der Waals surface area contributed by atoms with Crippen molar-refractivity contribution in [1.29, 1.82) is 0 Å². The Labute approximate surface area is 207 Å². The number of carbonyl (C=O) groups excluding carboxylic acids is 3. The zero-order valence-corrected chi connectivity index (χ0v) is 20.8. The van der Waals surface area contributed by atoms with Gasteiger partial charge in [0.15, 0.2) is 11.5 Å². The van der Waals surface area contributed by atoms with E-state index in [4.69, 9.17) is 9.47 Å². The molecule has 2 fully saturated rings. The van der Waals surface area contributed by atoms with E-state index in [9.17, 15) is 14.4 Å².